The monoisotopic (exact) mass is 241 g/mol. The number of rotatable bonds is 4. The van der Waals surface area contributed by atoms with Gasteiger partial charge >= 0.3 is 0 Å². The number of furan rings is 1. The molecule has 0 saturated heterocycles. The van der Waals surface area contributed by atoms with Crippen LogP contribution < -0.4 is 5.32 Å². The van der Waals surface area contributed by atoms with Gasteiger partial charge in [-0.2, -0.15) is 0 Å². The Kier molecular flexibility index (Phi) is 4.30. The molecule has 16 heavy (non-hydrogen) atoms. The van der Waals surface area contributed by atoms with Crippen LogP contribution in [0, 0.1) is 5.92 Å². The van der Waals surface area contributed by atoms with Crippen LogP contribution in [0.15, 0.2) is 16.7 Å². The molecule has 0 aliphatic heterocycles. The average Bonchev–Trinajstić information content (AvgIpc) is 2.74. The molecule has 1 atom stereocenters. The van der Waals surface area contributed by atoms with E-state index in [1.807, 2.05) is 13.1 Å². The summed E-state index contributed by atoms with van der Waals surface area (Å²) in [6, 6.07) is 2.32. The molecule has 90 valence electrons. The first-order valence-electron chi connectivity index (χ1n) is 6.21. The molecule has 2 rings (SSSR count). The van der Waals surface area contributed by atoms with Crippen molar-refractivity contribution in [3.8, 4) is 0 Å². The minimum atomic E-state index is 0.342. The van der Waals surface area contributed by atoms with Crippen molar-refractivity contribution in [2.45, 2.75) is 44.6 Å². The smallest absolute Gasteiger partial charge is 0.197 e. The first-order valence-corrected chi connectivity index (χ1v) is 6.59. The predicted molar refractivity (Wildman–Crippen MR) is 66.7 cm³/mol. The summed E-state index contributed by atoms with van der Waals surface area (Å²) in [4.78, 5) is 0. The number of halogens is 1. The van der Waals surface area contributed by atoms with Crippen LogP contribution in [-0.2, 0) is 0 Å². The summed E-state index contributed by atoms with van der Waals surface area (Å²) in [5.41, 5.74) is 1.11. The zero-order valence-electron chi connectivity index (χ0n) is 9.84. The van der Waals surface area contributed by atoms with Crippen molar-refractivity contribution in [1.29, 1.82) is 0 Å². The zero-order valence-corrected chi connectivity index (χ0v) is 10.6. The molecule has 0 bridgehead atoms. The normalized spacial score (nSPS) is 19.9. The fraction of sp³-hybridized carbons (Fsp3) is 0.692. The van der Waals surface area contributed by atoms with E-state index in [1.165, 1.54) is 38.5 Å². The Balaban J connectivity index is 1.97. The Morgan fingerprint density at radius 1 is 1.44 bits per heavy atom. The van der Waals surface area contributed by atoms with E-state index >= 15 is 0 Å². The topological polar surface area (TPSA) is 25.2 Å². The summed E-state index contributed by atoms with van der Waals surface area (Å²) in [5, 5.41) is 3.89. The lowest BCUT2D eigenvalue weighted by Gasteiger charge is -2.26. The summed E-state index contributed by atoms with van der Waals surface area (Å²) < 4.78 is 5.16. The van der Waals surface area contributed by atoms with Gasteiger partial charge in [0.1, 0.15) is 0 Å². The van der Waals surface area contributed by atoms with E-state index in [0.717, 1.165) is 11.5 Å². The molecule has 1 aromatic heterocycles. The van der Waals surface area contributed by atoms with Gasteiger partial charge in [0.2, 0.25) is 0 Å². The van der Waals surface area contributed by atoms with E-state index in [1.54, 1.807) is 6.26 Å². The predicted octanol–water partition coefficient (Wildman–Crippen LogP) is 4.16. The third-order valence-corrected chi connectivity index (χ3v) is 3.97. The van der Waals surface area contributed by atoms with Gasteiger partial charge in [-0.1, -0.05) is 32.1 Å². The van der Waals surface area contributed by atoms with Gasteiger partial charge < -0.3 is 9.73 Å². The second-order valence-electron chi connectivity index (χ2n) is 4.73. The van der Waals surface area contributed by atoms with Crippen LogP contribution in [0.2, 0.25) is 5.22 Å². The maximum absolute atomic E-state index is 6.02. The minimum absolute atomic E-state index is 0.342. The number of nitrogens with one attached hydrogen (secondary N) is 1. The number of hydrogen-bond acceptors (Lipinski definition) is 2. The van der Waals surface area contributed by atoms with Crippen LogP contribution in [0.25, 0.3) is 0 Å². The van der Waals surface area contributed by atoms with E-state index in [2.05, 4.69) is 5.32 Å². The summed E-state index contributed by atoms with van der Waals surface area (Å²) >= 11 is 6.02. The van der Waals surface area contributed by atoms with Crippen LogP contribution >= 0.6 is 11.6 Å². The van der Waals surface area contributed by atoms with Crippen molar-refractivity contribution in [3.63, 3.8) is 0 Å². The molecule has 1 saturated carbocycles. The molecule has 0 aromatic carbocycles. The first kappa shape index (κ1) is 12.0. The molecule has 0 radical (unpaired) electrons. The van der Waals surface area contributed by atoms with Crippen LogP contribution in [-0.4, -0.2) is 7.05 Å². The van der Waals surface area contributed by atoms with Gasteiger partial charge in [-0.25, -0.2) is 0 Å². The summed E-state index contributed by atoms with van der Waals surface area (Å²) in [7, 11) is 2.00. The molecule has 1 aliphatic carbocycles. The Morgan fingerprint density at radius 2 is 2.19 bits per heavy atom. The molecule has 2 nitrogen and oxygen atoms in total. The van der Waals surface area contributed by atoms with Crippen molar-refractivity contribution in [2.24, 2.45) is 5.92 Å². The Labute approximate surface area is 102 Å². The average molecular weight is 242 g/mol. The van der Waals surface area contributed by atoms with Crippen molar-refractivity contribution >= 4 is 11.6 Å². The lowest BCUT2D eigenvalue weighted by Crippen LogP contribution is -2.21. The van der Waals surface area contributed by atoms with Crippen LogP contribution in [0.3, 0.4) is 0 Å². The maximum atomic E-state index is 6.02. The van der Waals surface area contributed by atoms with Gasteiger partial charge in [0.15, 0.2) is 5.22 Å². The van der Waals surface area contributed by atoms with Crippen molar-refractivity contribution in [2.75, 3.05) is 7.05 Å². The summed E-state index contributed by atoms with van der Waals surface area (Å²) in [5.74, 6) is 0.845. The highest BCUT2D eigenvalue weighted by Crippen LogP contribution is 2.34. The Morgan fingerprint density at radius 3 is 2.75 bits per heavy atom. The second-order valence-corrected chi connectivity index (χ2v) is 5.07. The largest absolute Gasteiger partial charge is 0.453 e. The number of hydrogen-bond donors (Lipinski definition) is 1. The molecule has 1 heterocycles. The van der Waals surface area contributed by atoms with Gasteiger partial charge in [0.25, 0.3) is 0 Å². The lowest BCUT2D eigenvalue weighted by atomic mass is 9.84. The van der Waals surface area contributed by atoms with Crippen LogP contribution in [0.4, 0.5) is 0 Å². The van der Waals surface area contributed by atoms with Crippen LogP contribution in [0.1, 0.15) is 50.1 Å². The van der Waals surface area contributed by atoms with E-state index in [0.29, 0.717) is 11.3 Å². The fourth-order valence-electron chi connectivity index (χ4n) is 2.71. The van der Waals surface area contributed by atoms with E-state index in [4.69, 9.17) is 16.0 Å². The van der Waals surface area contributed by atoms with Crippen molar-refractivity contribution in [3.05, 3.63) is 23.1 Å². The second kappa shape index (κ2) is 5.74. The van der Waals surface area contributed by atoms with Gasteiger partial charge in [-0.15, -0.1) is 0 Å². The van der Waals surface area contributed by atoms with Gasteiger partial charge in [0.05, 0.1) is 6.26 Å². The lowest BCUT2D eigenvalue weighted by molar-refractivity contribution is 0.305. The summed E-state index contributed by atoms with van der Waals surface area (Å²) in [6.45, 7) is 0. The third kappa shape index (κ3) is 2.80. The maximum Gasteiger partial charge on any atom is 0.197 e. The molecular formula is C13H20ClNO. The van der Waals surface area contributed by atoms with Crippen LogP contribution in [0.5, 0.6) is 0 Å². The Hall–Kier alpha value is -0.470. The zero-order chi connectivity index (χ0) is 11.4. The molecule has 1 aliphatic rings. The molecule has 1 unspecified atom stereocenters. The van der Waals surface area contributed by atoms with Gasteiger partial charge in [-0.05, 0) is 37.1 Å². The molecule has 0 amide bonds. The molecule has 1 fully saturated rings. The standard InChI is InChI=1S/C13H20ClNO/c1-15-12(11-7-8-16-13(11)14)9-10-5-3-2-4-6-10/h7-8,10,12,15H,2-6,9H2,1H3. The SMILES string of the molecule is CNC(CC1CCCCC1)c1ccoc1Cl. The molecule has 3 heteroatoms. The minimum Gasteiger partial charge on any atom is -0.453 e. The summed E-state index contributed by atoms with van der Waals surface area (Å²) in [6.07, 6.45) is 9.77. The molecular weight excluding hydrogens is 222 g/mol. The van der Waals surface area contributed by atoms with E-state index in [9.17, 15) is 0 Å². The Bertz CT molecular complexity index is 317. The quantitative estimate of drug-likeness (QED) is 0.856. The molecule has 1 N–H and O–H groups in total. The van der Waals surface area contributed by atoms with Crippen molar-refractivity contribution in [1.82, 2.24) is 5.32 Å². The molecule has 0 spiro atoms. The molecule has 1 aromatic rings. The van der Waals surface area contributed by atoms with Gasteiger partial charge in [0, 0.05) is 11.6 Å². The van der Waals surface area contributed by atoms with E-state index < -0.39 is 0 Å². The fourth-order valence-corrected chi connectivity index (χ4v) is 2.96. The third-order valence-electron chi connectivity index (χ3n) is 3.66. The van der Waals surface area contributed by atoms with E-state index in [-0.39, 0.29) is 0 Å². The highest BCUT2D eigenvalue weighted by atomic mass is 35.5. The first-order chi connectivity index (χ1) is 7.81. The van der Waals surface area contributed by atoms with Gasteiger partial charge in [-0.3, -0.25) is 0 Å². The highest BCUT2D eigenvalue weighted by molar-refractivity contribution is 6.29. The highest BCUT2D eigenvalue weighted by Gasteiger charge is 2.21. The van der Waals surface area contributed by atoms with Crippen molar-refractivity contribution < 1.29 is 4.42 Å².